The summed E-state index contributed by atoms with van der Waals surface area (Å²) in [7, 11) is 1.56. The second-order valence-corrected chi connectivity index (χ2v) is 1.92. The fraction of sp³-hybridized carbons (Fsp3) is 0.571. The van der Waals surface area contributed by atoms with E-state index in [1.807, 2.05) is 0 Å². The van der Waals surface area contributed by atoms with Gasteiger partial charge >= 0.3 is 0 Å². The number of rotatable bonds is 4. The van der Waals surface area contributed by atoms with Crippen molar-refractivity contribution in [3.05, 3.63) is 12.7 Å². The Hall–Kier alpha value is -0.630. The average Bonchev–Trinajstić information content (AvgIpc) is 1.82. The molecule has 0 saturated heterocycles. The molecule has 0 aromatic heterocycles. The van der Waals surface area contributed by atoms with Gasteiger partial charge in [0.2, 0.25) is 0 Å². The second-order valence-electron chi connectivity index (χ2n) is 1.92. The lowest BCUT2D eigenvalue weighted by Gasteiger charge is -2.05. The molecule has 0 N–H and O–H groups in total. The van der Waals surface area contributed by atoms with Crippen LogP contribution in [0.3, 0.4) is 0 Å². The lowest BCUT2D eigenvalue weighted by Crippen LogP contribution is -2.10. The summed E-state index contributed by atoms with van der Waals surface area (Å²) in [5, 5.41) is 0. The van der Waals surface area contributed by atoms with E-state index < -0.39 is 0 Å². The van der Waals surface area contributed by atoms with Crippen LogP contribution in [0.2, 0.25) is 0 Å². The third-order valence-electron chi connectivity index (χ3n) is 1.05. The summed E-state index contributed by atoms with van der Waals surface area (Å²) < 4.78 is 4.87. The predicted octanol–water partition coefficient (Wildman–Crippen LogP) is 1.17. The Morgan fingerprint density at radius 1 is 1.89 bits per heavy atom. The van der Waals surface area contributed by atoms with Crippen LogP contribution in [0.4, 0.5) is 0 Å². The Morgan fingerprint density at radius 2 is 2.44 bits per heavy atom. The second kappa shape index (κ2) is 4.27. The Morgan fingerprint density at radius 3 is 2.56 bits per heavy atom. The summed E-state index contributed by atoms with van der Waals surface area (Å²) in [6.45, 7) is 5.04. The molecule has 0 radical (unpaired) electrons. The number of carbonyl (C=O) groups excluding carboxylic acids is 1. The first-order chi connectivity index (χ1) is 4.20. The van der Waals surface area contributed by atoms with Crippen LogP contribution in [0.15, 0.2) is 12.7 Å². The van der Waals surface area contributed by atoms with Gasteiger partial charge in [-0.15, -0.1) is 6.58 Å². The van der Waals surface area contributed by atoms with E-state index in [1.165, 1.54) is 6.92 Å². The van der Waals surface area contributed by atoms with Crippen molar-refractivity contribution in [2.45, 2.75) is 19.4 Å². The molecule has 0 saturated carbocycles. The Balaban J connectivity index is 3.55. The molecule has 0 fully saturated rings. The maximum absolute atomic E-state index is 10.4. The highest BCUT2D eigenvalue weighted by Gasteiger charge is 2.03. The molecule has 0 aliphatic carbocycles. The fourth-order valence-corrected chi connectivity index (χ4v) is 0.546. The minimum Gasteiger partial charge on any atom is -0.377 e. The Labute approximate surface area is 55.5 Å². The van der Waals surface area contributed by atoms with Crippen molar-refractivity contribution in [3.8, 4) is 0 Å². The SMILES string of the molecule is C=CC(CC(C)=O)OC. The zero-order chi connectivity index (χ0) is 7.28. The van der Waals surface area contributed by atoms with Crippen molar-refractivity contribution in [2.75, 3.05) is 7.11 Å². The van der Waals surface area contributed by atoms with E-state index in [-0.39, 0.29) is 11.9 Å². The number of ether oxygens (including phenoxy) is 1. The smallest absolute Gasteiger partial charge is 0.132 e. The molecule has 9 heavy (non-hydrogen) atoms. The van der Waals surface area contributed by atoms with Gasteiger partial charge in [0.05, 0.1) is 6.10 Å². The van der Waals surface area contributed by atoms with Crippen LogP contribution in [-0.4, -0.2) is 19.0 Å². The molecular weight excluding hydrogens is 116 g/mol. The fourth-order valence-electron chi connectivity index (χ4n) is 0.546. The number of hydrogen-bond donors (Lipinski definition) is 0. The van der Waals surface area contributed by atoms with Crippen molar-refractivity contribution in [3.63, 3.8) is 0 Å². The number of hydrogen-bond acceptors (Lipinski definition) is 2. The molecule has 52 valence electrons. The molecule has 0 aromatic carbocycles. The molecule has 2 nitrogen and oxygen atoms in total. The van der Waals surface area contributed by atoms with Gasteiger partial charge in [0, 0.05) is 13.5 Å². The summed E-state index contributed by atoms with van der Waals surface area (Å²) in [4.78, 5) is 10.4. The molecule has 0 heterocycles. The van der Waals surface area contributed by atoms with Crippen LogP contribution >= 0.6 is 0 Å². The number of methoxy groups -OCH3 is 1. The van der Waals surface area contributed by atoms with E-state index in [1.54, 1.807) is 13.2 Å². The first kappa shape index (κ1) is 8.37. The lowest BCUT2D eigenvalue weighted by atomic mass is 10.2. The topological polar surface area (TPSA) is 26.3 Å². The van der Waals surface area contributed by atoms with E-state index in [9.17, 15) is 4.79 Å². The molecule has 1 atom stereocenters. The summed E-state index contributed by atoms with van der Waals surface area (Å²) in [6.07, 6.45) is 1.95. The van der Waals surface area contributed by atoms with Gasteiger partial charge in [0.25, 0.3) is 0 Å². The molecule has 0 aliphatic rings. The molecule has 0 amide bonds. The predicted molar refractivity (Wildman–Crippen MR) is 36.3 cm³/mol. The number of carbonyl (C=O) groups is 1. The highest BCUT2D eigenvalue weighted by molar-refractivity contribution is 5.76. The maximum atomic E-state index is 10.4. The van der Waals surface area contributed by atoms with E-state index in [2.05, 4.69) is 6.58 Å². The van der Waals surface area contributed by atoms with Crippen molar-refractivity contribution in [1.29, 1.82) is 0 Å². The molecule has 0 aromatic rings. The van der Waals surface area contributed by atoms with Gasteiger partial charge in [-0.1, -0.05) is 6.08 Å². The van der Waals surface area contributed by atoms with Crippen LogP contribution in [0.1, 0.15) is 13.3 Å². The highest BCUT2D eigenvalue weighted by Crippen LogP contribution is 1.97. The maximum Gasteiger partial charge on any atom is 0.132 e. The largest absolute Gasteiger partial charge is 0.377 e. The van der Waals surface area contributed by atoms with Crippen molar-refractivity contribution in [1.82, 2.24) is 0 Å². The van der Waals surface area contributed by atoms with Crippen LogP contribution in [0, 0.1) is 0 Å². The van der Waals surface area contributed by atoms with Crippen LogP contribution < -0.4 is 0 Å². The zero-order valence-corrected chi connectivity index (χ0v) is 5.89. The van der Waals surface area contributed by atoms with Crippen molar-refractivity contribution < 1.29 is 9.53 Å². The monoisotopic (exact) mass is 128 g/mol. The summed E-state index contributed by atoms with van der Waals surface area (Å²) in [5.41, 5.74) is 0. The number of Topliss-reactive ketones (excluding diaryl/α,β-unsaturated/α-hetero) is 1. The van der Waals surface area contributed by atoms with Gasteiger partial charge in [-0.05, 0) is 6.92 Å². The summed E-state index contributed by atoms with van der Waals surface area (Å²) in [5.74, 6) is 0.127. The molecule has 2 heteroatoms. The lowest BCUT2D eigenvalue weighted by molar-refractivity contribution is -0.118. The standard InChI is InChI=1S/C7H12O2/c1-4-7(9-3)5-6(2)8/h4,7H,1,5H2,2-3H3. The molecule has 0 aliphatic heterocycles. The molecule has 0 bridgehead atoms. The molecular formula is C7H12O2. The summed E-state index contributed by atoms with van der Waals surface area (Å²) in [6, 6.07) is 0. The normalized spacial score (nSPS) is 12.7. The van der Waals surface area contributed by atoms with Gasteiger partial charge in [-0.25, -0.2) is 0 Å². The summed E-state index contributed by atoms with van der Waals surface area (Å²) >= 11 is 0. The van der Waals surface area contributed by atoms with Crippen LogP contribution in [0.5, 0.6) is 0 Å². The van der Waals surface area contributed by atoms with E-state index in [0.29, 0.717) is 6.42 Å². The van der Waals surface area contributed by atoms with E-state index in [4.69, 9.17) is 4.74 Å². The zero-order valence-electron chi connectivity index (χ0n) is 5.89. The third kappa shape index (κ3) is 3.91. The number of ketones is 1. The Bertz CT molecular complexity index is 107. The third-order valence-corrected chi connectivity index (χ3v) is 1.05. The minimum atomic E-state index is -0.109. The van der Waals surface area contributed by atoms with Crippen molar-refractivity contribution in [2.24, 2.45) is 0 Å². The molecule has 0 rings (SSSR count). The molecule has 1 unspecified atom stereocenters. The van der Waals surface area contributed by atoms with Gasteiger partial charge in [-0.3, -0.25) is 4.79 Å². The van der Waals surface area contributed by atoms with Gasteiger partial charge in [-0.2, -0.15) is 0 Å². The first-order valence-corrected chi connectivity index (χ1v) is 2.85. The highest BCUT2D eigenvalue weighted by atomic mass is 16.5. The molecule has 0 spiro atoms. The first-order valence-electron chi connectivity index (χ1n) is 2.85. The van der Waals surface area contributed by atoms with Crippen LogP contribution in [-0.2, 0) is 9.53 Å². The quantitative estimate of drug-likeness (QED) is 0.531. The van der Waals surface area contributed by atoms with E-state index in [0.717, 1.165) is 0 Å². The van der Waals surface area contributed by atoms with Gasteiger partial charge < -0.3 is 4.74 Å². The van der Waals surface area contributed by atoms with Gasteiger partial charge in [0.15, 0.2) is 0 Å². The Kier molecular flexibility index (Phi) is 3.97. The minimum absolute atomic E-state index is 0.109. The van der Waals surface area contributed by atoms with Crippen molar-refractivity contribution >= 4 is 5.78 Å². The van der Waals surface area contributed by atoms with Gasteiger partial charge in [0.1, 0.15) is 5.78 Å². The van der Waals surface area contributed by atoms with Crippen LogP contribution in [0.25, 0.3) is 0 Å². The average molecular weight is 128 g/mol. The van der Waals surface area contributed by atoms with E-state index >= 15 is 0 Å².